The van der Waals surface area contributed by atoms with Crippen molar-refractivity contribution in [1.29, 1.82) is 0 Å². The molecule has 1 saturated heterocycles. The monoisotopic (exact) mass is 474 g/mol. The number of carbonyl (C=O) groups is 1. The van der Waals surface area contributed by atoms with Crippen LogP contribution in [0, 0.1) is 13.8 Å². The first-order valence-corrected chi connectivity index (χ1v) is 12.0. The predicted octanol–water partition coefficient (Wildman–Crippen LogP) is 5.67. The van der Waals surface area contributed by atoms with Gasteiger partial charge in [0.05, 0.1) is 26.2 Å². The molecule has 6 heteroatoms. The van der Waals surface area contributed by atoms with Crippen molar-refractivity contribution in [3.63, 3.8) is 0 Å². The molecule has 0 spiro atoms. The lowest BCUT2D eigenvalue weighted by Crippen LogP contribution is -2.15. The maximum Gasteiger partial charge on any atom is 0.304 e. The molecule has 6 nitrogen and oxygen atoms in total. The molecular weight excluding hydrogens is 444 g/mol. The van der Waals surface area contributed by atoms with Crippen LogP contribution >= 0.6 is 0 Å². The molecule has 0 saturated carbocycles. The molecule has 5 rings (SSSR count). The second-order valence-electron chi connectivity index (χ2n) is 9.33. The number of benzene rings is 3. The summed E-state index contributed by atoms with van der Waals surface area (Å²) in [4.78, 5) is 11.1. The van der Waals surface area contributed by atoms with E-state index in [1.165, 1.54) is 16.7 Å². The summed E-state index contributed by atoms with van der Waals surface area (Å²) < 4.78 is 23.3. The summed E-state index contributed by atoms with van der Waals surface area (Å²) in [7, 11) is 0. The van der Waals surface area contributed by atoms with Gasteiger partial charge < -0.3 is 24.1 Å². The van der Waals surface area contributed by atoms with Gasteiger partial charge >= 0.3 is 5.97 Å². The highest BCUT2D eigenvalue weighted by atomic mass is 16.5. The minimum Gasteiger partial charge on any atom is -0.492 e. The molecule has 2 aliphatic rings. The molecule has 2 aliphatic heterocycles. The first-order chi connectivity index (χ1) is 17.0. The van der Waals surface area contributed by atoms with E-state index >= 15 is 0 Å². The highest BCUT2D eigenvalue weighted by Gasteiger charge is 2.26. The van der Waals surface area contributed by atoms with E-state index in [-0.39, 0.29) is 18.4 Å². The fourth-order valence-electron chi connectivity index (χ4n) is 4.96. The molecule has 2 atom stereocenters. The Labute approximate surface area is 205 Å². The number of aryl methyl sites for hydroxylation is 2. The first-order valence-electron chi connectivity index (χ1n) is 12.0. The Balaban J connectivity index is 1.28. The maximum atomic E-state index is 11.1. The summed E-state index contributed by atoms with van der Waals surface area (Å²) in [6.07, 6.45) is 1.13. The molecule has 3 aromatic rings. The molecule has 35 heavy (non-hydrogen) atoms. The number of carboxylic acids is 1. The molecule has 0 aliphatic carbocycles. The van der Waals surface area contributed by atoms with Gasteiger partial charge in [0.15, 0.2) is 0 Å². The Hall–Kier alpha value is -3.51. The van der Waals surface area contributed by atoms with Crippen LogP contribution in [0.15, 0.2) is 54.6 Å². The number of fused-ring (bicyclic) bond motifs is 1. The Bertz CT molecular complexity index is 1200. The second kappa shape index (κ2) is 10.0. The molecule has 1 N–H and O–H groups in total. The molecule has 0 radical (unpaired) electrons. The predicted molar refractivity (Wildman–Crippen MR) is 132 cm³/mol. The number of ether oxygens (including phenoxy) is 4. The highest BCUT2D eigenvalue weighted by molar-refractivity contribution is 5.72. The van der Waals surface area contributed by atoms with Gasteiger partial charge in [-0.15, -0.1) is 0 Å². The van der Waals surface area contributed by atoms with Crippen LogP contribution in [0.4, 0.5) is 0 Å². The van der Waals surface area contributed by atoms with E-state index in [2.05, 4.69) is 50.2 Å². The Morgan fingerprint density at radius 3 is 2.60 bits per heavy atom. The fraction of sp³-hybridized carbons (Fsp3) is 0.345. The van der Waals surface area contributed by atoms with Crippen LogP contribution in [-0.4, -0.2) is 37.0 Å². The van der Waals surface area contributed by atoms with Gasteiger partial charge in [-0.05, 0) is 65.9 Å². The van der Waals surface area contributed by atoms with Gasteiger partial charge in [0, 0.05) is 24.0 Å². The standard InChI is InChI=1S/C29H30O6/c1-18-10-25(35-24-8-9-32-17-24)11-19(2)29(18)21-5-3-4-20(12-21)15-33-23-6-7-26-22(13-28(30)31)16-34-27(26)14-23/h3-7,10-12,14,22,24H,8-9,13,15-17H2,1-2H3,(H,30,31)/t22-,24-/m1/s1. The quantitative estimate of drug-likeness (QED) is 0.454. The van der Waals surface area contributed by atoms with E-state index in [0.29, 0.717) is 31.3 Å². The van der Waals surface area contributed by atoms with Crippen LogP contribution in [0.1, 0.15) is 41.0 Å². The largest absolute Gasteiger partial charge is 0.492 e. The van der Waals surface area contributed by atoms with E-state index in [4.69, 9.17) is 24.1 Å². The minimum absolute atomic E-state index is 0.0704. The van der Waals surface area contributed by atoms with Crippen LogP contribution in [0.5, 0.6) is 17.2 Å². The Kier molecular flexibility index (Phi) is 6.64. The van der Waals surface area contributed by atoms with Crippen LogP contribution < -0.4 is 14.2 Å². The smallest absolute Gasteiger partial charge is 0.304 e. The molecule has 3 aromatic carbocycles. The molecule has 2 heterocycles. The van der Waals surface area contributed by atoms with E-state index in [1.54, 1.807) is 0 Å². The fourth-order valence-corrected chi connectivity index (χ4v) is 4.96. The van der Waals surface area contributed by atoms with Crippen molar-refractivity contribution in [1.82, 2.24) is 0 Å². The third-order valence-electron chi connectivity index (χ3n) is 6.60. The zero-order chi connectivity index (χ0) is 24.4. The zero-order valence-corrected chi connectivity index (χ0v) is 20.1. The van der Waals surface area contributed by atoms with Crippen molar-refractivity contribution in [2.75, 3.05) is 19.8 Å². The van der Waals surface area contributed by atoms with Crippen molar-refractivity contribution in [2.24, 2.45) is 0 Å². The van der Waals surface area contributed by atoms with E-state index in [1.807, 2.05) is 18.2 Å². The minimum atomic E-state index is -0.817. The van der Waals surface area contributed by atoms with Crippen LogP contribution in [0.3, 0.4) is 0 Å². The Morgan fingerprint density at radius 2 is 1.86 bits per heavy atom. The molecule has 0 unspecified atom stereocenters. The van der Waals surface area contributed by atoms with E-state index in [0.717, 1.165) is 35.5 Å². The lowest BCUT2D eigenvalue weighted by Gasteiger charge is -2.17. The third-order valence-corrected chi connectivity index (χ3v) is 6.60. The third kappa shape index (κ3) is 5.28. The SMILES string of the molecule is Cc1cc(O[C@@H]2CCOC2)cc(C)c1-c1cccc(COc2ccc3c(c2)OC[C@H]3CC(=O)O)c1. The number of rotatable bonds is 8. The van der Waals surface area contributed by atoms with Crippen molar-refractivity contribution in [2.45, 2.75) is 45.3 Å². The summed E-state index contributed by atoms with van der Waals surface area (Å²) in [6, 6.07) is 18.2. The van der Waals surface area contributed by atoms with Gasteiger partial charge in [0.1, 0.15) is 30.0 Å². The van der Waals surface area contributed by atoms with Crippen molar-refractivity contribution in [3.05, 3.63) is 76.9 Å². The molecule has 0 amide bonds. The van der Waals surface area contributed by atoms with E-state index < -0.39 is 5.97 Å². The van der Waals surface area contributed by atoms with Gasteiger partial charge in [-0.1, -0.05) is 24.3 Å². The van der Waals surface area contributed by atoms with Crippen LogP contribution in [-0.2, 0) is 16.1 Å². The normalized spacial score (nSPS) is 18.7. The number of hydrogen-bond acceptors (Lipinski definition) is 5. The van der Waals surface area contributed by atoms with Crippen molar-refractivity contribution >= 4 is 5.97 Å². The molecule has 1 fully saturated rings. The van der Waals surface area contributed by atoms with Gasteiger partial charge in [0.2, 0.25) is 0 Å². The molecule has 0 aromatic heterocycles. The summed E-state index contributed by atoms with van der Waals surface area (Å²) in [6.45, 7) is 6.47. The second-order valence-corrected chi connectivity index (χ2v) is 9.33. The average Bonchev–Trinajstić information content (AvgIpc) is 3.47. The van der Waals surface area contributed by atoms with E-state index in [9.17, 15) is 4.79 Å². The summed E-state index contributed by atoms with van der Waals surface area (Å²) >= 11 is 0. The topological polar surface area (TPSA) is 74.2 Å². The maximum absolute atomic E-state index is 11.1. The average molecular weight is 475 g/mol. The number of aliphatic carboxylic acids is 1. The highest BCUT2D eigenvalue weighted by Crippen LogP contribution is 2.38. The zero-order valence-electron chi connectivity index (χ0n) is 20.1. The Morgan fingerprint density at radius 1 is 1.03 bits per heavy atom. The van der Waals surface area contributed by atoms with Gasteiger partial charge in [-0.25, -0.2) is 0 Å². The number of hydrogen-bond donors (Lipinski definition) is 1. The van der Waals surface area contributed by atoms with Gasteiger partial charge in [-0.2, -0.15) is 0 Å². The molecular formula is C29H30O6. The summed E-state index contributed by atoms with van der Waals surface area (Å²) in [5, 5.41) is 9.08. The van der Waals surface area contributed by atoms with Crippen LogP contribution in [0.2, 0.25) is 0 Å². The van der Waals surface area contributed by atoms with Crippen molar-refractivity contribution in [3.8, 4) is 28.4 Å². The van der Waals surface area contributed by atoms with Gasteiger partial charge in [0.25, 0.3) is 0 Å². The summed E-state index contributed by atoms with van der Waals surface area (Å²) in [5.41, 5.74) is 6.69. The van der Waals surface area contributed by atoms with Gasteiger partial charge in [-0.3, -0.25) is 4.79 Å². The lowest BCUT2D eigenvalue weighted by atomic mass is 9.94. The van der Waals surface area contributed by atoms with Crippen molar-refractivity contribution < 1.29 is 28.8 Å². The molecule has 0 bridgehead atoms. The summed E-state index contributed by atoms with van der Waals surface area (Å²) in [5.74, 6) is 1.38. The number of carboxylic acid groups (broad SMARTS) is 1. The lowest BCUT2D eigenvalue weighted by molar-refractivity contribution is -0.137. The van der Waals surface area contributed by atoms with Crippen LogP contribution in [0.25, 0.3) is 11.1 Å². The molecule has 182 valence electrons. The first kappa shape index (κ1) is 23.2.